The van der Waals surface area contributed by atoms with Crippen LogP contribution < -0.4 is 5.32 Å². The van der Waals surface area contributed by atoms with Crippen LogP contribution in [0.25, 0.3) is 0 Å². The van der Waals surface area contributed by atoms with Crippen LogP contribution in [-0.4, -0.2) is 23.9 Å². The molecule has 1 fully saturated rings. The first-order valence-electron chi connectivity index (χ1n) is 7.41. The average molecular weight is 294 g/mol. The number of amides is 1. The number of rotatable bonds is 3. The van der Waals surface area contributed by atoms with Gasteiger partial charge in [-0.15, -0.1) is 0 Å². The number of nitrogens with zero attached hydrogens (tertiary/aromatic N) is 3. The molecule has 0 unspecified atom stereocenters. The van der Waals surface area contributed by atoms with Crippen molar-refractivity contribution >= 4 is 11.6 Å². The van der Waals surface area contributed by atoms with Gasteiger partial charge in [-0.3, -0.25) is 4.79 Å². The van der Waals surface area contributed by atoms with Gasteiger partial charge in [0.25, 0.3) is 5.91 Å². The molecule has 1 heterocycles. The Balaban J connectivity index is 2.11. The molecule has 1 aromatic carbocycles. The fourth-order valence-electron chi connectivity index (χ4n) is 2.44. The molecule has 0 spiro atoms. The van der Waals surface area contributed by atoms with Crippen LogP contribution >= 0.6 is 0 Å². The zero-order valence-corrected chi connectivity index (χ0v) is 12.4. The van der Waals surface area contributed by atoms with Crippen molar-refractivity contribution in [3.63, 3.8) is 0 Å². The Morgan fingerprint density at radius 3 is 2.45 bits per heavy atom. The van der Waals surface area contributed by atoms with E-state index in [0.29, 0.717) is 11.3 Å². The van der Waals surface area contributed by atoms with Crippen molar-refractivity contribution < 1.29 is 4.79 Å². The smallest absolute Gasteiger partial charge is 0.253 e. The molecule has 1 amide bonds. The summed E-state index contributed by atoms with van der Waals surface area (Å²) in [4.78, 5) is 14.4. The lowest BCUT2D eigenvalue weighted by molar-refractivity contribution is 0.0761. The van der Waals surface area contributed by atoms with Crippen molar-refractivity contribution in [1.82, 2.24) is 4.90 Å². The van der Waals surface area contributed by atoms with Gasteiger partial charge < -0.3 is 10.2 Å². The molecule has 2 rings (SSSR count). The normalized spacial score (nSPS) is 14.2. The largest absolute Gasteiger partial charge is 0.360 e. The van der Waals surface area contributed by atoms with Crippen LogP contribution in [0.1, 0.15) is 36.0 Å². The summed E-state index contributed by atoms with van der Waals surface area (Å²) < 4.78 is 0. The molecule has 0 aromatic heterocycles. The highest BCUT2D eigenvalue weighted by molar-refractivity contribution is 5.95. The molecule has 0 atom stereocenters. The number of hydrogen-bond acceptors (Lipinski definition) is 4. The summed E-state index contributed by atoms with van der Waals surface area (Å²) >= 11 is 0. The van der Waals surface area contributed by atoms with Gasteiger partial charge in [0.2, 0.25) is 0 Å². The summed E-state index contributed by atoms with van der Waals surface area (Å²) in [7, 11) is 0. The Morgan fingerprint density at radius 1 is 1.14 bits per heavy atom. The van der Waals surface area contributed by atoms with Gasteiger partial charge in [0.1, 0.15) is 17.7 Å². The highest BCUT2D eigenvalue weighted by Gasteiger charge is 2.17. The van der Waals surface area contributed by atoms with E-state index in [1.165, 1.54) is 19.0 Å². The van der Waals surface area contributed by atoms with E-state index in [4.69, 9.17) is 10.5 Å². The molecule has 0 aliphatic carbocycles. The second kappa shape index (κ2) is 7.85. The fourth-order valence-corrected chi connectivity index (χ4v) is 2.44. The summed E-state index contributed by atoms with van der Waals surface area (Å²) in [6, 6.07) is 10.7. The van der Waals surface area contributed by atoms with Crippen molar-refractivity contribution in [3.05, 3.63) is 41.6 Å². The van der Waals surface area contributed by atoms with Crippen molar-refractivity contribution in [2.75, 3.05) is 18.4 Å². The van der Waals surface area contributed by atoms with E-state index in [-0.39, 0.29) is 11.5 Å². The second-order valence-electron chi connectivity index (χ2n) is 5.21. The topological polar surface area (TPSA) is 79.9 Å². The van der Waals surface area contributed by atoms with Crippen LogP contribution in [0.15, 0.2) is 36.0 Å². The monoisotopic (exact) mass is 294 g/mol. The lowest BCUT2D eigenvalue weighted by Crippen LogP contribution is -2.31. The molecular formula is C17H18N4O. The number of nitrogens with one attached hydrogen (secondary N) is 1. The van der Waals surface area contributed by atoms with Crippen molar-refractivity contribution in [3.8, 4) is 12.1 Å². The quantitative estimate of drug-likeness (QED) is 0.869. The molecule has 1 aromatic rings. The van der Waals surface area contributed by atoms with Crippen molar-refractivity contribution in [2.24, 2.45) is 0 Å². The Hall–Kier alpha value is -2.79. The molecule has 1 N–H and O–H groups in total. The van der Waals surface area contributed by atoms with Crippen LogP contribution in [-0.2, 0) is 0 Å². The Kier molecular flexibility index (Phi) is 5.57. The molecule has 5 nitrogen and oxygen atoms in total. The molecule has 22 heavy (non-hydrogen) atoms. The van der Waals surface area contributed by atoms with Crippen LogP contribution in [0.2, 0.25) is 0 Å². The first kappa shape index (κ1) is 15.6. The van der Waals surface area contributed by atoms with Crippen LogP contribution in [0.5, 0.6) is 0 Å². The van der Waals surface area contributed by atoms with E-state index >= 15 is 0 Å². The highest BCUT2D eigenvalue weighted by atomic mass is 16.2. The molecule has 5 heteroatoms. The number of allylic oxidation sites excluding steroid dienone is 1. The van der Waals surface area contributed by atoms with Gasteiger partial charge in [-0.05, 0) is 31.0 Å². The maximum Gasteiger partial charge on any atom is 0.253 e. The van der Waals surface area contributed by atoms with Crippen molar-refractivity contribution in [2.45, 2.75) is 25.7 Å². The van der Waals surface area contributed by atoms with E-state index in [0.717, 1.165) is 25.9 Å². The Morgan fingerprint density at radius 2 is 1.82 bits per heavy atom. The maximum atomic E-state index is 12.5. The Labute approximate surface area is 130 Å². The number of likely N-dealkylation sites (tertiary alicyclic amines) is 1. The summed E-state index contributed by atoms with van der Waals surface area (Å²) in [5.74, 6) is 0.0373. The predicted octanol–water partition coefficient (Wildman–Crippen LogP) is 3.05. The van der Waals surface area contributed by atoms with E-state index in [1.807, 2.05) is 4.90 Å². The zero-order chi connectivity index (χ0) is 15.8. The van der Waals surface area contributed by atoms with Gasteiger partial charge in [-0.1, -0.05) is 18.9 Å². The highest BCUT2D eigenvalue weighted by Crippen LogP contribution is 2.16. The molecule has 112 valence electrons. The Bertz CT molecular complexity index is 627. The standard InChI is InChI=1S/C17H18N4O/c18-11-14(12-19)13-20-16-7-5-6-15(10-16)17(22)21-8-3-1-2-4-9-21/h5-7,10,13,20H,1-4,8-9H2. The summed E-state index contributed by atoms with van der Waals surface area (Å²) in [6.07, 6.45) is 5.82. The molecular weight excluding hydrogens is 276 g/mol. The van der Waals surface area contributed by atoms with Gasteiger partial charge in [0, 0.05) is 30.5 Å². The minimum Gasteiger partial charge on any atom is -0.360 e. The minimum atomic E-state index is -0.00996. The maximum absolute atomic E-state index is 12.5. The van der Waals surface area contributed by atoms with Gasteiger partial charge in [-0.25, -0.2) is 0 Å². The minimum absolute atomic E-state index is 0.00996. The average Bonchev–Trinajstić information content (AvgIpc) is 2.84. The molecule has 0 bridgehead atoms. The second-order valence-corrected chi connectivity index (χ2v) is 5.21. The molecule has 0 radical (unpaired) electrons. The number of carbonyl (C=O) groups excluding carboxylic acids is 1. The first-order valence-corrected chi connectivity index (χ1v) is 7.41. The molecule has 1 saturated heterocycles. The van der Waals surface area contributed by atoms with Gasteiger partial charge in [0.05, 0.1) is 0 Å². The van der Waals surface area contributed by atoms with Gasteiger partial charge in [0.15, 0.2) is 0 Å². The third-order valence-corrected chi connectivity index (χ3v) is 3.63. The summed E-state index contributed by atoms with van der Waals surface area (Å²) in [6.45, 7) is 1.62. The lowest BCUT2D eigenvalue weighted by atomic mass is 10.1. The van der Waals surface area contributed by atoms with E-state index in [9.17, 15) is 4.79 Å². The van der Waals surface area contributed by atoms with Gasteiger partial charge >= 0.3 is 0 Å². The summed E-state index contributed by atoms with van der Waals surface area (Å²) in [5, 5.41) is 20.3. The number of benzene rings is 1. The zero-order valence-electron chi connectivity index (χ0n) is 12.4. The van der Waals surface area contributed by atoms with E-state index in [1.54, 1.807) is 36.4 Å². The molecule has 1 aliphatic rings. The molecule has 0 saturated carbocycles. The first-order chi connectivity index (χ1) is 10.7. The van der Waals surface area contributed by atoms with E-state index in [2.05, 4.69) is 5.32 Å². The number of nitriles is 2. The van der Waals surface area contributed by atoms with Crippen LogP contribution in [0, 0.1) is 22.7 Å². The summed E-state index contributed by atoms with van der Waals surface area (Å²) in [5.41, 5.74) is 1.30. The van der Waals surface area contributed by atoms with Gasteiger partial charge in [-0.2, -0.15) is 10.5 Å². The number of hydrogen-bond donors (Lipinski definition) is 1. The fraction of sp³-hybridized carbons (Fsp3) is 0.353. The third kappa shape index (κ3) is 4.10. The molecule has 1 aliphatic heterocycles. The SMILES string of the molecule is N#CC(C#N)=CNc1cccc(C(=O)N2CCCCCC2)c1. The van der Waals surface area contributed by atoms with Crippen LogP contribution in [0.4, 0.5) is 5.69 Å². The lowest BCUT2D eigenvalue weighted by Gasteiger charge is -2.20. The van der Waals surface area contributed by atoms with E-state index < -0.39 is 0 Å². The number of anilines is 1. The van der Waals surface area contributed by atoms with Crippen molar-refractivity contribution in [1.29, 1.82) is 10.5 Å². The number of carbonyl (C=O) groups is 1. The third-order valence-electron chi connectivity index (χ3n) is 3.63. The predicted molar refractivity (Wildman–Crippen MR) is 83.7 cm³/mol. The van der Waals surface area contributed by atoms with Crippen LogP contribution in [0.3, 0.4) is 0 Å².